The first kappa shape index (κ1) is 26.5. The van der Waals surface area contributed by atoms with E-state index in [-0.39, 0.29) is 31.9 Å². The number of amides is 1. The minimum absolute atomic E-state index is 0.0470. The van der Waals surface area contributed by atoms with Crippen LogP contribution in [0.3, 0.4) is 0 Å². The molecule has 4 rings (SSSR count). The fourth-order valence-electron chi connectivity index (χ4n) is 4.34. The van der Waals surface area contributed by atoms with Crippen molar-refractivity contribution in [2.24, 2.45) is 0 Å². The number of nitrogens with one attached hydrogen (secondary N) is 1. The molecule has 0 radical (unpaired) electrons. The number of carbonyl (C=O) groups is 2. The molecule has 198 valence electrons. The van der Waals surface area contributed by atoms with Gasteiger partial charge in [-0.15, -0.1) is 0 Å². The van der Waals surface area contributed by atoms with Crippen molar-refractivity contribution in [3.63, 3.8) is 0 Å². The molecule has 0 unspecified atom stereocenters. The van der Waals surface area contributed by atoms with Crippen molar-refractivity contribution in [3.8, 4) is 17.2 Å². The highest BCUT2D eigenvalue weighted by Crippen LogP contribution is 2.45. The van der Waals surface area contributed by atoms with Crippen molar-refractivity contribution in [3.05, 3.63) is 82.6 Å². The number of rotatable bonds is 11. The van der Waals surface area contributed by atoms with Crippen LogP contribution in [-0.4, -0.2) is 37.8 Å². The van der Waals surface area contributed by atoms with Gasteiger partial charge >= 0.3 is 5.97 Å². The van der Waals surface area contributed by atoms with Crippen molar-refractivity contribution in [1.29, 1.82) is 0 Å². The first-order valence-corrected chi connectivity index (χ1v) is 11.9. The van der Waals surface area contributed by atoms with E-state index in [2.05, 4.69) is 5.32 Å². The van der Waals surface area contributed by atoms with Gasteiger partial charge in [0.15, 0.2) is 11.5 Å². The smallest absolute Gasteiger partial charge is 0.306 e. The van der Waals surface area contributed by atoms with Gasteiger partial charge in [-0.3, -0.25) is 9.59 Å². The Kier molecular flexibility index (Phi) is 8.15. The summed E-state index contributed by atoms with van der Waals surface area (Å²) in [5, 5.41) is 11.8. The van der Waals surface area contributed by atoms with E-state index in [4.69, 9.17) is 23.7 Å². The molecule has 0 atom stereocenters. The van der Waals surface area contributed by atoms with Gasteiger partial charge in [0.25, 0.3) is 0 Å². The fraction of sp³-hybridized carbons (Fsp3) is 0.241. The summed E-state index contributed by atoms with van der Waals surface area (Å²) in [6.07, 6.45) is 3.35. The molecule has 1 heterocycles. The zero-order chi connectivity index (χ0) is 27.2. The number of ether oxygens (including phenoxy) is 3. The molecule has 2 aromatic carbocycles. The van der Waals surface area contributed by atoms with Crippen molar-refractivity contribution in [1.82, 2.24) is 5.32 Å². The number of fused-ring (bicyclic) bond motifs is 1. The second-order valence-electron chi connectivity index (χ2n) is 8.63. The maximum absolute atomic E-state index is 14.2. The molecule has 0 spiro atoms. The lowest BCUT2D eigenvalue weighted by atomic mass is 10.00. The highest BCUT2D eigenvalue weighted by molar-refractivity contribution is 6.08. The van der Waals surface area contributed by atoms with Crippen LogP contribution in [-0.2, 0) is 16.1 Å². The summed E-state index contributed by atoms with van der Waals surface area (Å²) < 4.78 is 36.1. The summed E-state index contributed by atoms with van der Waals surface area (Å²) >= 11 is 0. The molecular formula is C29H28FNO7. The van der Waals surface area contributed by atoms with Crippen LogP contribution >= 0.6 is 0 Å². The first-order chi connectivity index (χ1) is 18.3. The minimum Gasteiger partial charge on any atom is -0.493 e. The molecule has 0 fully saturated rings. The third-order valence-electron chi connectivity index (χ3n) is 6.19. The molecule has 0 aliphatic heterocycles. The molecule has 0 saturated heterocycles. The lowest BCUT2D eigenvalue weighted by molar-refractivity contribution is -0.137. The number of carboxylic acids is 1. The normalized spacial score (nSPS) is 13.4. The number of methoxy groups -OCH3 is 2. The average molecular weight is 522 g/mol. The Morgan fingerprint density at radius 3 is 2.45 bits per heavy atom. The Labute approximate surface area is 219 Å². The Bertz CT molecular complexity index is 1380. The number of carbonyl (C=O) groups excluding carboxylic acids is 1. The van der Waals surface area contributed by atoms with E-state index in [9.17, 15) is 14.0 Å². The van der Waals surface area contributed by atoms with Gasteiger partial charge in [-0.1, -0.05) is 6.07 Å². The number of hydrogen-bond donors (Lipinski definition) is 2. The highest BCUT2D eigenvalue weighted by Gasteiger charge is 2.26. The van der Waals surface area contributed by atoms with Crippen molar-refractivity contribution >= 4 is 29.1 Å². The third-order valence-corrected chi connectivity index (χ3v) is 6.19. The van der Waals surface area contributed by atoms with Crippen LogP contribution in [0.1, 0.15) is 42.2 Å². The number of hydrogen-bond acceptors (Lipinski definition) is 6. The number of aliphatic carboxylic acids is 1. The molecule has 8 nitrogen and oxygen atoms in total. The number of benzene rings is 2. The zero-order valence-electron chi connectivity index (χ0n) is 21.3. The molecule has 2 N–H and O–H groups in total. The molecule has 9 heteroatoms. The average Bonchev–Trinajstić information content (AvgIpc) is 3.50. The molecule has 1 aliphatic rings. The Morgan fingerprint density at radius 1 is 1.08 bits per heavy atom. The van der Waals surface area contributed by atoms with Gasteiger partial charge in [-0.2, -0.15) is 0 Å². The predicted molar refractivity (Wildman–Crippen MR) is 139 cm³/mol. The summed E-state index contributed by atoms with van der Waals surface area (Å²) in [6, 6.07) is 11.5. The number of halogens is 1. The molecule has 1 amide bonds. The molecule has 1 aliphatic carbocycles. The van der Waals surface area contributed by atoms with Gasteiger partial charge in [-0.05, 0) is 82.8 Å². The van der Waals surface area contributed by atoms with E-state index in [0.717, 1.165) is 27.8 Å². The maximum atomic E-state index is 14.2. The molecule has 0 saturated carbocycles. The quantitative estimate of drug-likeness (QED) is 0.352. The molecule has 3 aromatic rings. The standard InChI is InChI=1S/C29H28FNO7/c1-17-22(11-18-12-25(35-2)29(26(13-18)36-3)38-10-8-28(33)34)21-7-6-19(30)14-24(21)23(17)15-27(32)31-16-20-5-4-9-37-20/h4-7,9,11-14H,8,10,15-16H2,1-3H3,(H,31,32)(H,33,34). The lowest BCUT2D eigenvalue weighted by Crippen LogP contribution is -2.22. The van der Waals surface area contributed by atoms with E-state index in [1.54, 1.807) is 36.6 Å². The van der Waals surface area contributed by atoms with Gasteiger partial charge in [0.2, 0.25) is 11.7 Å². The molecule has 1 aromatic heterocycles. The summed E-state index contributed by atoms with van der Waals surface area (Å²) in [6.45, 7) is 2.11. The van der Waals surface area contributed by atoms with Gasteiger partial charge in [0.1, 0.15) is 11.6 Å². The van der Waals surface area contributed by atoms with Crippen LogP contribution in [0, 0.1) is 5.82 Å². The van der Waals surface area contributed by atoms with Crippen LogP contribution in [0.15, 0.2) is 58.7 Å². The Balaban J connectivity index is 1.67. The van der Waals surface area contributed by atoms with Crippen LogP contribution in [0.5, 0.6) is 17.2 Å². The van der Waals surface area contributed by atoms with E-state index in [1.807, 2.05) is 13.0 Å². The van der Waals surface area contributed by atoms with Crippen molar-refractivity contribution in [2.45, 2.75) is 26.3 Å². The lowest BCUT2D eigenvalue weighted by Gasteiger charge is -2.15. The van der Waals surface area contributed by atoms with Crippen LogP contribution < -0.4 is 19.5 Å². The highest BCUT2D eigenvalue weighted by atomic mass is 19.1. The zero-order valence-corrected chi connectivity index (χ0v) is 21.3. The fourth-order valence-corrected chi connectivity index (χ4v) is 4.34. The van der Waals surface area contributed by atoms with Crippen LogP contribution in [0.25, 0.3) is 17.2 Å². The Hall–Kier alpha value is -4.53. The summed E-state index contributed by atoms with van der Waals surface area (Å²) in [7, 11) is 2.96. The van der Waals surface area contributed by atoms with E-state index < -0.39 is 11.8 Å². The van der Waals surface area contributed by atoms with E-state index in [1.165, 1.54) is 26.4 Å². The summed E-state index contributed by atoms with van der Waals surface area (Å²) in [5.74, 6) is 0.106. The third kappa shape index (κ3) is 5.88. The Morgan fingerprint density at radius 2 is 1.82 bits per heavy atom. The number of allylic oxidation sites excluding steroid dienone is 2. The van der Waals surface area contributed by atoms with Crippen LogP contribution in [0.4, 0.5) is 4.39 Å². The van der Waals surface area contributed by atoms with Gasteiger partial charge in [0, 0.05) is 0 Å². The predicted octanol–water partition coefficient (Wildman–Crippen LogP) is 5.32. The summed E-state index contributed by atoms with van der Waals surface area (Å²) in [5.41, 5.74) is 4.59. The largest absolute Gasteiger partial charge is 0.493 e. The summed E-state index contributed by atoms with van der Waals surface area (Å²) in [4.78, 5) is 23.6. The van der Waals surface area contributed by atoms with Gasteiger partial charge in [0.05, 0.1) is 46.5 Å². The first-order valence-electron chi connectivity index (χ1n) is 11.9. The number of furan rings is 1. The van der Waals surface area contributed by atoms with Crippen LogP contribution in [0.2, 0.25) is 0 Å². The van der Waals surface area contributed by atoms with Gasteiger partial charge in [-0.25, -0.2) is 4.39 Å². The maximum Gasteiger partial charge on any atom is 0.306 e. The molecule has 38 heavy (non-hydrogen) atoms. The second kappa shape index (κ2) is 11.7. The minimum atomic E-state index is -0.978. The number of carboxylic acid groups (broad SMARTS) is 1. The topological polar surface area (TPSA) is 107 Å². The molecular weight excluding hydrogens is 493 g/mol. The van der Waals surface area contributed by atoms with Crippen molar-refractivity contribution in [2.75, 3.05) is 20.8 Å². The van der Waals surface area contributed by atoms with Gasteiger partial charge < -0.3 is 29.1 Å². The second-order valence-corrected chi connectivity index (χ2v) is 8.63. The molecule has 0 bridgehead atoms. The SMILES string of the molecule is COc1cc(C=C2C(C)=C(CC(=O)NCc3ccco3)c3cc(F)ccc32)cc(OC)c1OCCC(=O)O. The van der Waals surface area contributed by atoms with Crippen molar-refractivity contribution < 1.29 is 37.7 Å². The monoisotopic (exact) mass is 521 g/mol. The van der Waals surface area contributed by atoms with E-state index >= 15 is 0 Å². The van der Waals surface area contributed by atoms with E-state index in [0.29, 0.717) is 28.6 Å².